The lowest BCUT2D eigenvalue weighted by Gasteiger charge is -2.54. The van der Waals surface area contributed by atoms with E-state index in [2.05, 4.69) is 0 Å². The fourth-order valence-corrected chi connectivity index (χ4v) is 6.75. The van der Waals surface area contributed by atoms with E-state index in [1.54, 1.807) is 7.11 Å². The molecule has 4 saturated carbocycles. The summed E-state index contributed by atoms with van der Waals surface area (Å²) in [5, 5.41) is 0. The smallest absolute Gasteiger partial charge is 0.146 e. The van der Waals surface area contributed by atoms with Crippen LogP contribution in [0.15, 0.2) is 0 Å². The Kier molecular flexibility index (Phi) is 4.78. The predicted octanol–water partition coefficient (Wildman–Crippen LogP) is 4.20. The van der Waals surface area contributed by atoms with Crippen molar-refractivity contribution in [2.24, 2.45) is 35.5 Å². The highest BCUT2D eigenvalue weighted by molar-refractivity contribution is 5.79. The van der Waals surface area contributed by atoms with Crippen molar-refractivity contribution in [1.29, 1.82) is 0 Å². The van der Waals surface area contributed by atoms with Gasteiger partial charge in [-0.1, -0.05) is 0 Å². The van der Waals surface area contributed by atoms with E-state index in [-0.39, 0.29) is 0 Å². The molecule has 0 aromatic carbocycles. The molecule has 4 aliphatic rings. The number of hydrogen-bond donors (Lipinski definition) is 0. The summed E-state index contributed by atoms with van der Waals surface area (Å²) in [6.45, 7) is 0.450. The number of methoxy groups -OCH3 is 1. The van der Waals surface area contributed by atoms with E-state index < -0.39 is 0 Å². The van der Waals surface area contributed by atoms with E-state index >= 15 is 0 Å². The van der Waals surface area contributed by atoms with Crippen LogP contribution in [0.2, 0.25) is 0 Å². The van der Waals surface area contributed by atoms with Gasteiger partial charge in [0.2, 0.25) is 0 Å². The molecule has 7 atom stereocenters. The first-order valence-corrected chi connectivity index (χ1v) is 9.88. The normalized spacial score (nSPS) is 46.7. The zero-order chi connectivity index (χ0) is 15.8. The van der Waals surface area contributed by atoms with Crippen LogP contribution in [0.4, 0.5) is 0 Å². The number of ether oxygens (including phenoxy) is 2. The third-order valence-electron chi connectivity index (χ3n) is 7.66. The minimum absolute atomic E-state index is 0.427. The monoisotopic (exact) mass is 320 g/mol. The van der Waals surface area contributed by atoms with Crippen LogP contribution in [-0.2, 0) is 14.3 Å². The summed E-state index contributed by atoms with van der Waals surface area (Å²) in [4.78, 5) is 11.8. The number of ketones is 1. The SMILES string of the molecule is COCO[C@@H]1CC[C@H]2[C@H](CC[C@@H]3[C@@H]2CC[C@@H]2CC(=O)CC[C@H]23)C1. The Bertz CT molecular complexity index is 435. The van der Waals surface area contributed by atoms with E-state index in [1.807, 2.05) is 0 Å². The van der Waals surface area contributed by atoms with Crippen LogP contribution in [0.1, 0.15) is 64.2 Å². The lowest BCUT2D eigenvalue weighted by Crippen LogP contribution is -2.47. The van der Waals surface area contributed by atoms with Gasteiger partial charge in [-0.15, -0.1) is 0 Å². The summed E-state index contributed by atoms with van der Waals surface area (Å²) < 4.78 is 10.9. The fourth-order valence-electron chi connectivity index (χ4n) is 6.75. The van der Waals surface area contributed by atoms with E-state index in [9.17, 15) is 4.79 Å². The lowest BCUT2D eigenvalue weighted by molar-refractivity contribution is -0.130. The maximum absolute atomic E-state index is 11.8. The van der Waals surface area contributed by atoms with Gasteiger partial charge in [0.1, 0.15) is 12.6 Å². The minimum Gasteiger partial charge on any atom is -0.359 e. The van der Waals surface area contributed by atoms with Gasteiger partial charge in [-0.25, -0.2) is 0 Å². The van der Waals surface area contributed by atoms with Crippen molar-refractivity contribution < 1.29 is 14.3 Å². The van der Waals surface area contributed by atoms with Crippen molar-refractivity contribution in [2.45, 2.75) is 70.3 Å². The third-order valence-corrected chi connectivity index (χ3v) is 7.66. The van der Waals surface area contributed by atoms with Gasteiger partial charge in [0.15, 0.2) is 0 Å². The molecule has 0 heterocycles. The van der Waals surface area contributed by atoms with Gasteiger partial charge in [0, 0.05) is 20.0 Å². The second-order valence-electron chi connectivity index (χ2n) is 8.62. The number of carbonyl (C=O) groups excluding carboxylic acids is 1. The van der Waals surface area contributed by atoms with Gasteiger partial charge in [0.05, 0.1) is 6.10 Å². The summed E-state index contributed by atoms with van der Waals surface area (Å²) >= 11 is 0. The Morgan fingerprint density at radius 2 is 1.57 bits per heavy atom. The van der Waals surface area contributed by atoms with Crippen LogP contribution in [0, 0.1) is 35.5 Å². The third kappa shape index (κ3) is 3.11. The molecule has 0 saturated heterocycles. The van der Waals surface area contributed by atoms with Crippen LogP contribution in [0.3, 0.4) is 0 Å². The van der Waals surface area contributed by atoms with Crippen molar-refractivity contribution in [3.8, 4) is 0 Å². The molecule has 0 radical (unpaired) electrons. The molecule has 4 fully saturated rings. The van der Waals surface area contributed by atoms with Crippen molar-refractivity contribution in [3.05, 3.63) is 0 Å². The highest BCUT2D eigenvalue weighted by Crippen LogP contribution is 2.56. The second-order valence-corrected chi connectivity index (χ2v) is 8.62. The number of fused-ring (bicyclic) bond motifs is 5. The Hall–Kier alpha value is -0.410. The van der Waals surface area contributed by atoms with Crippen LogP contribution in [-0.4, -0.2) is 25.8 Å². The topological polar surface area (TPSA) is 35.5 Å². The Morgan fingerprint density at radius 3 is 2.35 bits per heavy atom. The molecule has 3 nitrogen and oxygen atoms in total. The molecule has 0 aromatic rings. The lowest BCUT2D eigenvalue weighted by atomic mass is 9.51. The van der Waals surface area contributed by atoms with Crippen molar-refractivity contribution in [1.82, 2.24) is 0 Å². The highest BCUT2D eigenvalue weighted by Gasteiger charge is 2.49. The van der Waals surface area contributed by atoms with E-state index in [0.717, 1.165) is 48.3 Å². The average molecular weight is 320 g/mol. The molecule has 3 heteroatoms. The largest absolute Gasteiger partial charge is 0.359 e. The first-order valence-electron chi connectivity index (χ1n) is 9.88. The maximum atomic E-state index is 11.8. The van der Waals surface area contributed by atoms with Gasteiger partial charge < -0.3 is 9.47 Å². The Labute approximate surface area is 140 Å². The van der Waals surface area contributed by atoms with Gasteiger partial charge in [-0.05, 0) is 86.9 Å². The quantitative estimate of drug-likeness (QED) is 0.731. The van der Waals surface area contributed by atoms with E-state index in [1.165, 1.54) is 51.4 Å². The standard InChI is InChI=1S/C20H32O3/c1-22-12-23-16-5-9-18-14(11-16)3-7-19-17-8-4-15(21)10-13(17)2-6-20(18)19/h13-14,16-20H,2-12H2,1H3/t13-,14-,16-,17-,18+,19+,20-/m1/s1. The molecule has 0 aliphatic heterocycles. The zero-order valence-corrected chi connectivity index (χ0v) is 14.5. The molecule has 0 spiro atoms. The summed E-state index contributed by atoms with van der Waals surface area (Å²) in [5.74, 6) is 5.84. The number of rotatable bonds is 3. The molecular formula is C20H32O3. The summed E-state index contributed by atoms with van der Waals surface area (Å²) in [7, 11) is 1.71. The van der Waals surface area contributed by atoms with Gasteiger partial charge in [-0.3, -0.25) is 4.79 Å². The van der Waals surface area contributed by atoms with E-state index in [0.29, 0.717) is 18.7 Å². The van der Waals surface area contributed by atoms with Crippen LogP contribution < -0.4 is 0 Å². The molecule has 0 unspecified atom stereocenters. The van der Waals surface area contributed by atoms with Crippen LogP contribution >= 0.6 is 0 Å². The zero-order valence-electron chi connectivity index (χ0n) is 14.5. The number of hydrogen-bond acceptors (Lipinski definition) is 3. The van der Waals surface area contributed by atoms with Crippen molar-refractivity contribution in [2.75, 3.05) is 13.9 Å². The van der Waals surface area contributed by atoms with Gasteiger partial charge in [-0.2, -0.15) is 0 Å². The molecule has 4 aliphatic carbocycles. The maximum Gasteiger partial charge on any atom is 0.146 e. The van der Waals surface area contributed by atoms with Crippen LogP contribution in [0.5, 0.6) is 0 Å². The Balaban J connectivity index is 1.41. The van der Waals surface area contributed by atoms with Crippen LogP contribution in [0.25, 0.3) is 0 Å². The first-order chi connectivity index (χ1) is 11.3. The molecule has 130 valence electrons. The van der Waals surface area contributed by atoms with Gasteiger partial charge in [0.25, 0.3) is 0 Å². The summed E-state index contributed by atoms with van der Waals surface area (Å²) in [6.07, 6.45) is 12.8. The van der Waals surface area contributed by atoms with Gasteiger partial charge >= 0.3 is 0 Å². The average Bonchev–Trinajstić information content (AvgIpc) is 2.58. The molecule has 0 N–H and O–H groups in total. The summed E-state index contributed by atoms with van der Waals surface area (Å²) in [6, 6.07) is 0. The van der Waals surface area contributed by atoms with Crippen molar-refractivity contribution in [3.63, 3.8) is 0 Å². The van der Waals surface area contributed by atoms with E-state index in [4.69, 9.17) is 9.47 Å². The Morgan fingerprint density at radius 1 is 0.870 bits per heavy atom. The number of carbonyl (C=O) groups is 1. The number of Topliss-reactive ketones (excluding diaryl/α,β-unsaturated/α-hetero) is 1. The molecule has 4 rings (SSSR count). The predicted molar refractivity (Wildman–Crippen MR) is 88.9 cm³/mol. The molecular weight excluding hydrogens is 288 g/mol. The minimum atomic E-state index is 0.427. The summed E-state index contributed by atoms with van der Waals surface area (Å²) in [5.41, 5.74) is 0. The molecule has 23 heavy (non-hydrogen) atoms. The second kappa shape index (κ2) is 6.84. The molecule has 0 amide bonds. The molecule has 0 bridgehead atoms. The molecule has 0 aromatic heterocycles. The first kappa shape index (κ1) is 16.1. The fraction of sp³-hybridized carbons (Fsp3) is 0.950. The highest BCUT2D eigenvalue weighted by atomic mass is 16.7. The van der Waals surface area contributed by atoms with Crippen molar-refractivity contribution >= 4 is 5.78 Å².